The first-order chi connectivity index (χ1) is 13.5. The second-order valence-corrected chi connectivity index (χ2v) is 9.37. The topological polar surface area (TPSA) is 76.9 Å². The molecule has 1 aliphatic rings. The molecule has 1 N–H and O–H groups in total. The Hall–Kier alpha value is -2.10. The highest BCUT2D eigenvalue weighted by atomic mass is 32.2. The van der Waals surface area contributed by atoms with E-state index in [1.165, 1.54) is 23.1 Å². The van der Waals surface area contributed by atoms with Crippen molar-refractivity contribution in [3.8, 4) is 5.69 Å². The van der Waals surface area contributed by atoms with E-state index in [-0.39, 0.29) is 17.2 Å². The third-order valence-electron chi connectivity index (χ3n) is 4.14. The number of benzene rings is 1. The maximum atomic E-state index is 13.2. The third kappa shape index (κ3) is 4.01. The van der Waals surface area contributed by atoms with Gasteiger partial charge < -0.3 is 5.32 Å². The third-order valence-corrected chi connectivity index (χ3v) is 6.88. The molecule has 144 valence electrons. The van der Waals surface area contributed by atoms with Crippen molar-refractivity contribution in [1.29, 1.82) is 0 Å². The summed E-state index contributed by atoms with van der Waals surface area (Å²) in [6.45, 7) is 4.01. The van der Waals surface area contributed by atoms with Gasteiger partial charge in [-0.2, -0.15) is 0 Å². The zero-order chi connectivity index (χ0) is 19.7. The van der Waals surface area contributed by atoms with Crippen LogP contribution in [0.3, 0.4) is 0 Å². The van der Waals surface area contributed by atoms with Gasteiger partial charge in [0.1, 0.15) is 0 Å². The summed E-state index contributed by atoms with van der Waals surface area (Å²) in [5.74, 6) is 0.849. The molecule has 0 fully saturated rings. The largest absolute Gasteiger partial charge is 0.301 e. The number of carbonyl (C=O) groups excluding carboxylic acids is 1. The van der Waals surface area contributed by atoms with Gasteiger partial charge in [-0.3, -0.25) is 14.2 Å². The minimum Gasteiger partial charge on any atom is -0.301 e. The Morgan fingerprint density at radius 3 is 2.79 bits per heavy atom. The molecule has 28 heavy (non-hydrogen) atoms. The Morgan fingerprint density at radius 1 is 1.29 bits per heavy atom. The lowest BCUT2D eigenvalue weighted by molar-refractivity contribution is -0.113. The summed E-state index contributed by atoms with van der Waals surface area (Å²) >= 11 is 4.20. The van der Waals surface area contributed by atoms with Gasteiger partial charge in [0, 0.05) is 23.8 Å². The monoisotopic (exact) mass is 430 g/mol. The number of thiazole rings is 1. The van der Waals surface area contributed by atoms with Gasteiger partial charge in [-0.05, 0) is 37.1 Å². The predicted molar refractivity (Wildman–Crippen MR) is 115 cm³/mol. The van der Waals surface area contributed by atoms with Crippen molar-refractivity contribution in [3.63, 3.8) is 0 Å². The number of fused-ring (bicyclic) bond motifs is 1. The van der Waals surface area contributed by atoms with E-state index in [0.717, 1.165) is 39.6 Å². The molecule has 1 amide bonds. The standard InChI is InChI=1S/C19H18N4O2S3/c1-11-7-12(2)9-13(8-11)23-17(25)16-14(3-5-26-16)21-19(23)28-10-15(24)22-18-20-4-6-27-18/h4,6-9H,3,5,10H2,1-2H3,(H,20,22,24). The summed E-state index contributed by atoms with van der Waals surface area (Å²) in [4.78, 5) is 35.0. The summed E-state index contributed by atoms with van der Waals surface area (Å²) in [6, 6.07) is 6.02. The molecule has 0 saturated heterocycles. The van der Waals surface area contributed by atoms with Crippen molar-refractivity contribution in [2.24, 2.45) is 0 Å². The van der Waals surface area contributed by atoms with Crippen LogP contribution in [-0.2, 0) is 11.2 Å². The summed E-state index contributed by atoms with van der Waals surface area (Å²) in [5, 5.41) is 5.68. The van der Waals surface area contributed by atoms with Crippen LogP contribution in [0.15, 0.2) is 44.6 Å². The lowest BCUT2D eigenvalue weighted by atomic mass is 10.1. The average Bonchev–Trinajstić information content (AvgIpc) is 3.30. The van der Waals surface area contributed by atoms with Gasteiger partial charge in [0.25, 0.3) is 5.56 Å². The number of rotatable bonds is 5. The van der Waals surface area contributed by atoms with Crippen LogP contribution in [0.2, 0.25) is 0 Å². The molecule has 4 rings (SSSR count). The van der Waals surface area contributed by atoms with E-state index in [0.29, 0.717) is 10.3 Å². The zero-order valence-corrected chi connectivity index (χ0v) is 17.8. The molecule has 0 radical (unpaired) electrons. The first-order valence-electron chi connectivity index (χ1n) is 8.71. The quantitative estimate of drug-likeness (QED) is 0.491. The second kappa shape index (κ2) is 8.10. The minimum atomic E-state index is -0.170. The van der Waals surface area contributed by atoms with Crippen molar-refractivity contribution in [3.05, 3.63) is 57.0 Å². The Kier molecular flexibility index (Phi) is 5.56. The molecule has 1 aromatic carbocycles. The fourth-order valence-electron chi connectivity index (χ4n) is 3.07. The second-order valence-electron chi connectivity index (χ2n) is 6.43. The molecule has 1 aliphatic heterocycles. The van der Waals surface area contributed by atoms with Crippen LogP contribution in [-0.4, -0.2) is 31.9 Å². The zero-order valence-electron chi connectivity index (χ0n) is 15.4. The van der Waals surface area contributed by atoms with Crippen LogP contribution in [0.4, 0.5) is 5.13 Å². The first kappa shape index (κ1) is 19.2. The number of carbonyl (C=O) groups is 1. The van der Waals surface area contributed by atoms with E-state index < -0.39 is 0 Å². The van der Waals surface area contributed by atoms with Gasteiger partial charge in [-0.15, -0.1) is 23.1 Å². The molecule has 2 aromatic heterocycles. The Morgan fingerprint density at radius 2 is 2.07 bits per heavy atom. The van der Waals surface area contributed by atoms with Gasteiger partial charge in [0.05, 0.1) is 22.0 Å². The highest BCUT2D eigenvalue weighted by molar-refractivity contribution is 8.00. The van der Waals surface area contributed by atoms with Crippen LogP contribution >= 0.6 is 34.9 Å². The summed E-state index contributed by atoms with van der Waals surface area (Å²) < 4.78 is 1.64. The number of aromatic nitrogens is 3. The van der Waals surface area contributed by atoms with E-state index in [4.69, 9.17) is 4.98 Å². The van der Waals surface area contributed by atoms with Crippen LogP contribution in [0.1, 0.15) is 16.8 Å². The molecular formula is C19H18N4O2S3. The SMILES string of the molecule is Cc1cc(C)cc(-n2c(SCC(=O)Nc3nccs3)nc3c(c2=O)SCC3)c1. The van der Waals surface area contributed by atoms with E-state index in [2.05, 4.69) is 16.4 Å². The van der Waals surface area contributed by atoms with E-state index in [1.54, 1.807) is 27.9 Å². The average molecular weight is 431 g/mol. The number of anilines is 1. The van der Waals surface area contributed by atoms with Crippen LogP contribution < -0.4 is 10.9 Å². The molecule has 0 saturated carbocycles. The molecule has 0 unspecified atom stereocenters. The Bertz CT molecular complexity index is 1070. The number of nitrogens with zero attached hydrogens (tertiary/aromatic N) is 3. The van der Waals surface area contributed by atoms with Crippen LogP contribution in [0.5, 0.6) is 0 Å². The summed E-state index contributed by atoms with van der Waals surface area (Å²) in [6.07, 6.45) is 2.42. The van der Waals surface area contributed by atoms with Gasteiger partial charge in [-0.1, -0.05) is 17.8 Å². The number of amides is 1. The smallest absolute Gasteiger partial charge is 0.272 e. The van der Waals surface area contributed by atoms with E-state index in [9.17, 15) is 9.59 Å². The predicted octanol–water partition coefficient (Wildman–Crippen LogP) is 3.68. The highest BCUT2D eigenvalue weighted by Gasteiger charge is 2.23. The molecule has 0 aliphatic carbocycles. The van der Waals surface area contributed by atoms with Gasteiger partial charge in [-0.25, -0.2) is 9.97 Å². The number of nitrogens with one attached hydrogen (secondary N) is 1. The van der Waals surface area contributed by atoms with Gasteiger partial charge in [0.2, 0.25) is 5.91 Å². The number of hydrogen-bond donors (Lipinski definition) is 1. The maximum absolute atomic E-state index is 13.2. The molecule has 3 aromatic rings. The van der Waals surface area contributed by atoms with E-state index in [1.807, 2.05) is 26.0 Å². The number of hydrogen-bond acceptors (Lipinski definition) is 7. The van der Waals surface area contributed by atoms with Crippen molar-refractivity contribution >= 4 is 45.9 Å². The van der Waals surface area contributed by atoms with Gasteiger partial charge in [0.15, 0.2) is 10.3 Å². The lowest BCUT2D eigenvalue weighted by Crippen LogP contribution is -2.25. The Labute approximate surface area is 174 Å². The van der Waals surface area contributed by atoms with Crippen molar-refractivity contribution in [1.82, 2.24) is 14.5 Å². The highest BCUT2D eigenvalue weighted by Crippen LogP contribution is 2.30. The van der Waals surface area contributed by atoms with Crippen molar-refractivity contribution in [2.75, 3.05) is 16.8 Å². The molecule has 6 nitrogen and oxygen atoms in total. The molecule has 3 heterocycles. The summed E-state index contributed by atoms with van der Waals surface area (Å²) in [7, 11) is 0. The lowest BCUT2D eigenvalue weighted by Gasteiger charge is -2.14. The van der Waals surface area contributed by atoms with Crippen LogP contribution in [0.25, 0.3) is 5.69 Å². The van der Waals surface area contributed by atoms with Crippen LogP contribution in [0, 0.1) is 13.8 Å². The first-order valence-corrected chi connectivity index (χ1v) is 11.6. The molecule has 0 atom stereocenters. The maximum Gasteiger partial charge on any atom is 0.272 e. The van der Waals surface area contributed by atoms with E-state index >= 15 is 0 Å². The van der Waals surface area contributed by atoms with Crippen molar-refractivity contribution < 1.29 is 4.79 Å². The fraction of sp³-hybridized carbons (Fsp3) is 0.263. The molecular weight excluding hydrogens is 412 g/mol. The Balaban J connectivity index is 1.68. The molecule has 9 heteroatoms. The minimum absolute atomic E-state index is 0.0552. The summed E-state index contributed by atoms with van der Waals surface area (Å²) in [5.41, 5.74) is 3.71. The number of aryl methyl sites for hydroxylation is 3. The fourth-order valence-corrected chi connectivity index (χ4v) is 5.47. The normalized spacial score (nSPS) is 12.8. The molecule has 0 bridgehead atoms. The van der Waals surface area contributed by atoms with Gasteiger partial charge >= 0.3 is 0 Å². The molecule has 0 spiro atoms. The number of thioether (sulfide) groups is 2. The van der Waals surface area contributed by atoms with Crippen molar-refractivity contribution in [2.45, 2.75) is 30.3 Å².